The number of nitrogens with zero attached hydrogens (tertiary/aromatic N) is 1. The highest BCUT2D eigenvalue weighted by atomic mass is 32.2. The second-order valence-electron chi connectivity index (χ2n) is 5.98. The lowest BCUT2D eigenvalue weighted by molar-refractivity contribution is -0.128. The van der Waals surface area contributed by atoms with E-state index in [9.17, 15) is 18.0 Å². The highest BCUT2D eigenvalue weighted by Gasteiger charge is 2.36. The molecule has 28 heavy (non-hydrogen) atoms. The smallest absolute Gasteiger partial charge is 0.234 e. The number of amides is 1. The Bertz CT molecular complexity index is 884. The van der Waals surface area contributed by atoms with Gasteiger partial charge < -0.3 is 19.1 Å². The summed E-state index contributed by atoms with van der Waals surface area (Å²) in [6.45, 7) is 0.103. The first-order chi connectivity index (χ1) is 13.4. The molecule has 3 rings (SSSR count). The average Bonchev–Trinajstić information content (AvgIpc) is 3.05. The highest BCUT2D eigenvalue weighted by molar-refractivity contribution is 8.00. The molecule has 0 saturated carbocycles. The summed E-state index contributed by atoms with van der Waals surface area (Å²) in [5.41, 5.74) is 0.570. The molecule has 150 valence electrons. The number of hydrogen-bond donors (Lipinski definition) is 0. The number of ether oxygens (including phenoxy) is 3. The van der Waals surface area contributed by atoms with E-state index in [-0.39, 0.29) is 23.8 Å². The molecular weight excluding hydrogens is 395 g/mol. The van der Waals surface area contributed by atoms with Gasteiger partial charge in [-0.2, -0.15) is 0 Å². The summed E-state index contributed by atoms with van der Waals surface area (Å²) in [6, 6.07) is 5.37. The number of methoxy groups -OCH3 is 3. The SMILES string of the molecule is COc1cc(CN2C(=O)CSC2c2ccc(F)c(F)c2F)cc(OC)c1OC. The van der Waals surface area contributed by atoms with Crippen LogP contribution in [0.5, 0.6) is 17.2 Å². The summed E-state index contributed by atoms with van der Waals surface area (Å²) < 4.78 is 57.1. The van der Waals surface area contributed by atoms with Crippen LogP contribution in [0.4, 0.5) is 13.2 Å². The summed E-state index contributed by atoms with van der Waals surface area (Å²) in [6.07, 6.45) is 0. The molecule has 1 aliphatic heterocycles. The molecule has 1 amide bonds. The van der Waals surface area contributed by atoms with Crippen LogP contribution < -0.4 is 14.2 Å². The summed E-state index contributed by atoms with van der Waals surface area (Å²) in [5, 5.41) is -0.776. The summed E-state index contributed by atoms with van der Waals surface area (Å²) in [4.78, 5) is 13.8. The van der Waals surface area contributed by atoms with Crippen molar-refractivity contribution in [1.29, 1.82) is 0 Å². The summed E-state index contributed by atoms with van der Waals surface area (Å²) in [7, 11) is 4.41. The van der Waals surface area contributed by atoms with E-state index in [0.717, 1.165) is 23.9 Å². The first-order valence-electron chi connectivity index (χ1n) is 8.24. The Hall–Kier alpha value is -2.55. The zero-order chi connectivity index (χ0) is 20.4. The van der Waals surface area contributed by atoms with E-state index in [4.69, 9.17) is 14.2 Å². The van der Waals surface area contributed by atoms with Gasteiger partial charge in [-0.25, -0.2) is 13.2 Å². The van der Waals surface area contributed by atoms with Crippen molar-refractivity contribution in [2.75, 3.05) is 27.1 Å². The van der Waals surface area contributed by atoms with Crippen LogP contribution in [0.25, 0.3) is 0 Å². The minimum atomic E-state index is -1.55. The topological polar surface area (TPSA) is 48.0 Å². The van der Waals surface area contributed by atoms with Gasteiger partial charge in [-0.05, 0) is 23.8 Å². The molecule has 0 bridgehead atoms. The summed E-state index contributed by atoms with van der Waals surface area (Å²) in [5.74, 6) is -3.03. The number of thioether (sulfide) groups is 1. The number of halogens is 3. The molecular formula is C19H18F3NO4S. The molecule has 5 nitrogen and oxygen atoms in total. The summed E-state index contributed by atoms with van der Waals surface area (Å²) >= 11 is 1.15. The van der Waals surface area contributed by atoms with Gasteiger partial charge in [0, 0.05) is 12.1 Å². The van der Waals surface area contributed by atoms with Gasteiger partial charge in [0.25, 0.3) is 0 Å². The Morgan fingerprint density at radius 2 is 1.68 bits per heavy atom. The molecule has 0 spiro atoms. The average molecular weight is 413 g/mol. The number of hydrogen-bond acceptors (Lipinski definition) is 5. The van der Waals surface area contributed by atoms with Crippen molar-refractivity contribution in [3.05, 3.63) is 52.8 Å². The van der Waals surface area contributed by atoms with Gasteiger partial charge in [0.15, 0.2) is 29.0 Å². The van der Waals surface area contributed by atoms with Gasteiger partial charge in [-0.15, -0.1) is 11.8 Å². The third kappa shape index (κ3) is 3.58. The largest absolute Gasteiger partial charge is 0.493 e. The van der Waals surface area contributed by atoms with E-state index < -0.39 is 22.8 Å². The van der Waals surface area contributed by atoms with E-state index in [1.54, 1.807) is 12.1 Å². The third-order valence-corrected chi connectivity index (χ3v) is 5.61. The fourth-order valence-corrected chi connectivity index (χ4v) is 4.24. The molecule has 2 aromatic carbocycles. The molecule has 1 aliphatic rings. The molecule has 9 heteroatoms. The van der Waals surface area contributed by atoms with Gasteiger partial charge >= 0.3 is 0 Å². The molecule has 0 aliphatic carbocycles. The zero-order valence-electron chi connectivity index (χ0n) is 15.4. The molecule has 1 atom stereocenters. The van der Waals surface area contributed by atoms with Crippen LogP contribution in [0.2, 0.25) is 0 Å². The lowest BCUT2D eigenvalue weighted by Gasteiger charge is -2.25. The maximum Gasteiger partial charge on any atom is 0.234 e. The molecule has 0 aromatic heterocycles. The molecule has 1 fully saturated rings. The molecule has 2 aromatic rings. The Balaban J connectivity index is 1.96. The van der Waals surface area contributed by atoms with Crippen LogP contribution in [0.1, 0.15) is 16.5 Å². The van der Waals surface area contributed by atoms with E-state index >= 15 is 0 Å². The number of carbonyl (C=O) groups excluding carboxylic acids is 1. The van der Waals surface area contributed by atoms with Gasteiger partial charge in [0.1, 0.15) is 5.37 Å². The maximum absolute atomic E-state index is 14.3. The molecule has 0 N–H and O–H groups in total. The standard InChI is InChI=1S/C19H18F3NO4S/c1-25-13-6-10(7-14(26-2)18(13)27-3)8-23-15(24)9-28-19(23)11-4-5-12(20)17(22)16(11)21/h4-7,19H,8-9H2,1-3H3. The Labute approximate surface area is 164 Å². The quantitative estimate of drug-likeness (QED) is 0.673. The molecule has 0 radical (unpaired) electrons. The molecule has 1 heterocycles. The van der Waals surface area contributed by atoms with Gasteiger partial charge in [0.05, 0.1) is 27.1 Å². The maximum atomic E-state index is 14.3. The van der Waals surface area contributed by atoms with Crippen molar-refractivity contribution in [3.63, 3.8) is 0 Å². The number of benzene rings is 2. The zero-order valence-corrected chi connectivity index (χ0v) is 16.2. The van der Waals surface area contributed by atoms with Gasteiger partial charge in [-0.1, -0.05) is 6.07 Å². The van der Waals surface area contributed by atoms with Crippen LogP contribution in [0.3, 0.4) is 0 Å². The van der Waals surface area contributed by atoms with Crippen molar-refractivity contribution >= 4 is 17.7 Å². The Morgan fingerprint density at radius 1 is 1.04 bits per heavy atom. The third-order valence-electron chi connectivity index (χ3n) is 4.38. The van der Waals surface area contributed by atoms with Gasteiger partial charge in [0.2, 0.25) is 11.7 Å². The number of carbonyl (C=O) groups is 1. The van der Waals surface area contributed by atoms with Crippen molar-refractivity contribution in [2.24, 2.45) is 0 Å². The van der Waals surface area contributed by atoms with E-state index in [2.05, 4.69) is 0 Å². The van der Waals surface area contributed by atoms with Gasteiger partial charge in [-0.3, -0.25) is 4.79 Å². The van der Waals surface area contributed by atoms with Crippen molar-refractivity contribution in [2.45, 2.75) is 11.9 Å². The van der Waals surface area contributed by atoms with Crippen LogP contribution in [0.15, 0.2) is 24.3 Å². The predicted molar refractivity (Wildman–Crippen MR) is 98.2 cm³/mol. The Morgan fingerprint density at radius 3 is 2.25 bits per heavy atom. The van der Waals surface area contributed by atoms with Crippen molar-refractivity contribution < 1.29 is 32.2 Å². The van der Waals surface area contributed by atoms with Crippen LogP contribution >= 0.6 is 11.8 Å². The fraction of sp³-hybridized carbons (Fsp3) is 0.316. The first-order valence-corrected chi connectivity index (χ1v) is 9.29. The fourth-order valence-electron chi connectivity index (χ4n) is 3.04. The first kappa shape index (κ1) is 20.2. The van der Waals surface area contributed by atoms with Crippen LogP contribution in [0, 0.1) is 17.5 Å². The lowest BCUT2D eigenvalue weighted by Crippen LogP contribution is -2.28. The minimum Gasteiger partial charge on any atom is -0.493 e. The second-order valence-corrected chi connectivity index (χ2v) is 7.05. The monoisotopic (exact) mass is 413 g/mol. The number of rotatable bonds is 6. The normalized spacial score (nSPS) is 16.4. The predicted octanol–water partition coefficient (Wildman–Crippen LogP) is 3.90. The molecule has 1 saturated heterocycles. The Kier molecular flexibility index (Phi) is 5.93. The van der Waals surface area contributed by atoms with Crippen LogP contribution in [-0.4, -0.2) is 37.9 Å². The van der Waals surface area contributed by atoms with Crippen molar-refractivity contribution in [3.8, 4) is 17.2 Å². The van der Waals surface area contributed by atoms with E-state index in [1.165, 1.54) is 26.2 Å². The van der Waals surface area contributed by atoms with Crippen molar-refractivity contribution in [1.82, 2.24) is 4.90 Å². The lowest BCUT2D eigenvalue weighted by atomic mass is 10.1. The van der Waals surface area contributed by atoms with Crippen LogP contribution in [-0.2, 0) is 11.3 Å². The molecule has 1 unspecified atom stereocenters. The minimum absolute atomic E-state index is 0.0813. The highest BCUT2D eigenvalue weighted by Crippen LogP contribution is 2.43. The second kappa shape index (κ2) is 8.22. The van der Waals surface area contributed by atoms with E-state index in [0.29, 0.717) is 22.8 Å². The van der Waals surface area contributed by atoms with E-state index in [1.807, 2.05) is 0 Å².